The second kappa shape index (κ2) is 11.9. The number of rotatable bonds is 6. The number of aromatic nitrogens is 3. The van der Waals surface area contributed by atoms with Crippen LogP contribution in [-0.2, 0) is 11.3 Å². The summed E-state index contributed by atoms with van der Waals surface area (Å²) in [4.78, 5) is 29.6. The fourth-order valence-corrected chi connectivity index (χ4v) is 6.66. The molecule has 1 N–H and O–H groups in total. The molecule has 208 valence electrons. The van der Waals surface area contributed by atoms with Gasteiger partial charge in [0, 0.05) is 29.2 Å². The van der Waals surface area contributed by atoms with Gasteiger partial charge in [-0.15, -0.1) is 0 Å². The van der Waals surface area contributed by atoms with E-state index in [1.54, 1.807) is 22.9 Å². The van der Waals surface area contributed by atoms with Crippen LogP contribution in [0.1, 0.15) is 62.5 Å². The highest BCUT2D eigenvalue weighted by Crippen LogP contribution is 2.40. The molecule has 3 aromatic rings. The minimum Gasteiger partial charge on any atom is -0.447 e. The highest BCUT2D eigenvalue weighted by Gasteiger charge is 2.26. The number of hydrogen-bond acceptors (Lipinski definition) is 8. The van der Waals surface area contributed by atoms with Gasteiger partial charge in [0.2, 0.25) is 0 Å². The fourth-order valence-electron chi connectivity index (χ4n) is 5.48. The zero-order valence-corrected chi connectivity index (χ0v) is 23.5. The van der Waals surface area contributed by atoms with Crippen molar-refractivity contribution in [1.82, 2.24) is 14.8 Å². The van der Waals surface area contributed by atoms with E-state index in [-0.39, 0.29) is 12.2 Å². The van der Waals surface area contributed by atoms with E-state index in [1.165, 1.54) is 5.56 Å². The molecular formula is C30H34N6O3S. The van der Waals surface area contributed by atoms with Crippen molar-refractivity contribution in [2.45, 2.75) is 68.9 Å². The second-order valence-corrected chi connectivity index (χ2v) is 11.9. The monoisotopic (exact) mass is 558 g/mol. The fraction of sp³-hybridized carbons (Fsp3) is 0.433. The molecular weight excluding hydrogens is 524 g/mol. The minimum absolute atomic E-state index is 0.187. The van der Waals surface area contributed by atoms with Crippen molar-refractivity contribution < 1.29 is 14.6 Å². The number of carbonyl (C=O) groups is 1. The Labute approximate surface area is 238 Å². The summed E-state index contributed by atoms with van der Waals surface area (Å²) in [7, 11) is 0. The Balaban J connectivity index is 1.29. The van der Waals surface area contributed by atoms with Gasteiger partial charge in [0.05, 0.1) is 24.2 Å². The van der Waals surface area contributed by atoms with E-state index in [0.29, 0.717) is 43.2 Å². The first-order chi connectivity index (χ1) is 19.5. The van der Waals surface area contributed by atoms with E-state index < -0.39 is 0 Å². The number of pyridine rings is 1. The Kier molecular flexibility index (Phi) is 7.97. The van der Waals surface area contributed by atoms with Crippen LogP contribution in [-0.4, -0.2) is 56.5 Å². The van der Waals surface area contributed by atoms with Gasteiger partial charge in [0.15, 0.2) is 11.6 Å². The van der Waals surface area contributed by atoms with Gasteiger partial charge in [-0.25, -0.2) is 19.8 Å². The van der Waals surface area contributed by atoms with E-state index in [0.717, 1.165) is 59.7 Å². The zero-order valence-electron chi connectivity index (χ0n) is 22.6. The molecule has 1 aliphatic carbocycles. The van der Waals surface area contributed by atoms with Crippen LogP contribution in [0.15, 0.2) is 63.7 Å². The van der Waals surface area contributed by atoms with Gasteiger partial charge in [-0.05, 0) is 91.8 Å². The molecule has 1 amide bonds. The van der Waals surface area contributed by atoms with E-state index in [1.807, 2.05) is 41.4 Å². The summed E-state index contributed by atoms with van der Waals surface area (Å²) >= 11 is 1.66. The number of carbonyl (C=O) groups excluding carboxylic acids is 1. The molecule has 2 aromatic heterocycles. The predicted octanol–water partition coefficient (Wildman–Crippen LogP) is 6.26. The normalized spacial score (nSPS) is 24.4. The highest BCUT2D eigenvalue weighted by atomic mass is 32.2. The van der Waals surface area contributed by atoms with Crippen molar-refractivity contribution in [1.29, 1.82) is 0 Å². The third-order valence-electron chi connectivity index (χ3n) is 7.78. The molecule has 1 aromatic carbocycles. The van der Waals surface area contributed by atoms with Crippen LogP contribution in [0.2, 0.25) is 0 Å². The van der Waals surface area contributed by atoms with Crippen LogP contribution in [0.3, 0.4) is 0 Å². The molecule has 0 bridgehead atoms. The molecule has 1 atom stereocenters. The van der Waals surface area contributed by atoms with Crippen LogP contribution < -0.4 is 4.90 Å². The van der Waals surface area contributed by atoms with Crippen molar-refractivity contribution in [3.63, 3.8) is 0 Å². The van der Waals surface area contributed by atoms with E-state index in [2.05, 4.69) is 24.2 Å². The number of fused-ring (bicyclic) bond motifs is 1. The smallest absolute Gasteiger partial charge is 0.414 e. The summed E-state index contributed by atoms with van der Waals surface area (Å²) in [6.45, 7) is 3.83. The maximum Gasteiger partial charge on any atom is 0.414 e. The largest absolute Gasteiger partial charge is 0.447 e. The Morgan fingerprint density at radius 2 is 2.00 bits per heavy atom. The molecule has 2 aliphatic heterocycles. The Morgan fingerprint density at radius 3 is 2.77 bits per heavy atom. The van der Waals surface area contributed by atoms with Gasteiger partial charge in [-0.1, -0.05) is 24.8 Å². The number of aliphatic hydroxyl groups excluding tert-OH is 1. The summed E-state index contributed by atoms with van der Waals surface area (Å²) in [5.41, 5.74) is 3.16. The number of nitrogens with zero attached hydrogens (tertiary/aromatic N) is 6. The third-order valence-corrected chi connectivity index (χ3v) is 8.88. The van der Waals surface area contributed by atoms with Crippen LogP contribution >= 0.6 is 11.8 Å². The first kappa shape index (κ1) is 26.7. The molecule has 0 radical (unpaired) electrons. The molecule has 2 fully saturated rings. The number of aliphatic hydroxyl groups is 1. The molecule has 40 heavy (non-hydrogen) atoms. The number of anilines is 1. The van der Waals surface area contributed by atoms with Crippen LogP contribution in [0.5, 0.6) is 0 Å². The second-order valence-electron chi connectivity index (χ2n) is 10.8. The Bertz CT molecular complexity index is 1410. The predicted molar refractivity (Wildman–Crippen MR) is 157 cm³/mol. The first-order valence-corrected chi connectivity index (χ1v) is 14.9. The number of benzene rings is 1. The van der Waals surface area contributed by atoms with Crippen LogP contribution in [0.4, 0.5) is 22.1 Å². The Morgan fingerprint density at radius 1 is 1.15 bits per heavy atom. The summed E-state index contributed by atoms with van der Waals surface area (Å²) < 4.78 is 7.03. The average molecular weight is 559 g/mol. The number of thioether (sulfide) groups is 1. The van der Waals surface area contributed by atoms with Crippen molar-refractivity contribution in [2.75, 3.05) is 18.1 Å². The van der Waals surface area contributed by atoms with Crippen molar-refractivity contribution >= 4 is 46.4 Å². The molecule has 1 saturated carbocycles. The van der Waals surface area contributed by atoms with Crippen molar-refractivity contribution in [3.8, 4) is 0 Å². The molecule has 10 heteroatoms. The van der Waals surface area contributed by atoms with Crippen molar-refractivity contribution in [3.05, 3.63) is 59.9 Å². The maximum absolute atomic E-state index is 12.2. The molecule has 0 spiro atoms. The lowest BCUT2D eigenvalue weighted by atomic mass is 9.88. The summed E-state index contributed by atoms with van der Waals surface area (Å²) in [6, 6.07) is 12.2. The lowest BCUT2D eigenvalue weighted by Crippen LogP contribution is -2.23. The SMILES string of the molecule is CC1CCC(=Nc2cc(Cn3cccn3)cc(N=CC3CCC(O)CC3)n2)Sc2cc(N3CCOC3=O)ccc21. The number of amides is 1. The lowest BCUT2D eigenvalue weighted by molar-refractivity contribution is 0.121. The number of ether oxygens (including phenoxy) is 1. The zero-order chi connectivity index (χ0) is 27.5. The minimum atomic E-state index is -0.295. The van der Waals surface area contributed by atoms with E-state index in [4.69, 9.17) is 19.7 Å². The standard InChI is InChI=1S/C30H34N6O3S/c1-20-3-10-29(40-26-17-23(6-9-25(20)26)36-13-14-39-30(36)38)34-28-16-22(19-35-12-2-11-32-35)15-27(33-28)31-18-21-4-7-24(37)8-5-21/h2,6,9,11-12,15-18,20-21,24,37H,3-5,7-8,10,13-14,19H2,1H3. The third kappa shape index (κ3) is 6.28. The molecule has 1 saturated heterocycles. The van der Waals surface area contributed by atoms with Crippen molar-refractivity contribution in [2.24, 2.45) is 15.9 Å². The molecule has 6 rings (SSSR count). The van der Waals surface area contributed by atoms with Gasteiger partial charge >= 0.3 is 6.09 Å². The van der Waals surface area contributed by atoms with Crippen LogP contribution in [0, 0.1) is 5.92 Å². The van der Waals surface area contributed by atoms with Gasteiger partial charge in [-0.2, -0.15) is 5.10 Å². The first-order valence-electron chi connectivity index (χ1n) is 14.0. The lowest BCUT2D eigenvalue weighted by Gasteiger charge is -2.21. The number of hydrogen-bond donors (Lipinski definition) is 1. The topological polar surface area (TPSA) is 105 Å². The van der Waals surface area contributed by atoms with Gasteiger partial charge in [-0.3, -0.25) is 9.58 Å². The van der Waals surface area contributed by atoms with Gasteiger partial charge in [0.25, 0.3) is 0 Å². The highest BCUT2D eigenvalue weighted by molar-refractivity contribution is 8.14. The van der Waals surface area contributed by atoms with Crippen LogP contribution in [0.25, 0.3) is 0 Å². The average Bonchev–Trinajstić information content (AvgIpc) is 3.59. The summed E-state index contributed by atoms with van der Waals surface area (Å²) in [5, 5.41) is 15.2. The molecule has 9 nitrogen and oxygen atoms in total. The number of cyclic esters (lactones) is 1. The maximum atomic E-state index is 12.2. The Hall–Kier alpha value is -3.50. The molecule has 1 unspecified atom stereocenters. The quantitative estimate of drug-likeness (QED) is 0.358. The summed E-state index contributed by atoms with van der Waals surface area (Å²) in [5.74, 6) is 2.00. The van der Waals surface area contributed by atoms with Gasteiger partial charge < -0.3 is 9.84 Å². The van der Waals surface area contributed by atoms with Gasteiger partial charge in [0.1, 0.15) is 6.61 Å². The number of aliphatic imine (C=N–C) groups is 2. The van der Waals surface area contributed by atoms with E-state index >= 15 is 0 Å². The molecule has 4 heterocycles. The molecule has 3 aliphatic rings. The van der Waals surface area contributed by atoms with E-state index in [9.17, 15) is 9.90 Å². The summed E-state index contributed by atoms with van der Waals surface area (Å²) in [6.07, 6.45) is 10.6.